The highest BCUT2D eigenvalue weighted by Gasteiger charge is 2.25. The number of nitrogens with one attached hydrogen (secondary N) is 1. The Morgan fingerprint density at radius 3 is 2.73 bits per heavy atom. The van der Waals surface area contributed by atoms with E-state index in [4.69, 9.17) is 16.7 Å². The molecule has 136 valence electrons. The van der Waals surface area contributed by atoms with Gasteiger partial charge in [0.1, 0.15) is 12.0 Å². The maximum atomic E-state index is 14.9. The molecule has 1 amide bonds. The SMILES string of the molecule is O=Cc1ccc(-c2nc(Cl)nc(NC3CCCN(C(=O)O)C3)c2F)cc1. The van der Waals surface area contributed by atoms with Crippen LogP contribution in [0.3, 0.4) is 0 Å². The average Bonchev–Trinajstić information content (AvgIpc) is 2.64. The maximum absolute atomic E-state index is 14.9. The normalized spacial score (nSPS) is 17.0. The van der Waals surface area contributed by atoms with Crippen LogP contribution in [0.2, 0.25) is 5.28 Å². The molecule has 1 fully saturated rings. The number of hydrogen-bond donors (Lipinski definition) is 2. The number of likely N-dealkylation sites (tertiary alicyclic amines) is 1. The van der Waals surface area contributed by atoms with Gasteiger partial charge in [-0.15, -0.1) is 0 Å². The number of aldehydes is 1. The lowest BCUT2D eigenvalue weighted by Gasteiger charge is -2.31. The van der Waals surface area contributed by atoms with Gasteiger partial charge in [0, 0.05) is 30.3 Å². The molecule has 3 rings (SSSR count). The van der Waals surface area contributed by atoms with Gasteiger partial charge >= 0.3 is 6.09 Å². The zero-order valence-corrected chi connectivity index (χ0v) is 14.4. The Bertz CT molecular complexity index is 832. The number of carbonyl (C=O) groups excluding carboxylic acids is 1. The lowest BCUT2D eigenvalue weighted by Crippen LogP contribution is -2.44. The van der Waals surface area contributed by atoms with Gasteiger partial charge in [0.15, 0.2) is 11.6 Å². The second-order valence-corrected chi connectivity index (χ2v) is 6.29. The average molecular weight is 379 g/mol. The summed E-state index contributed by atoms with van der Waals surface area (Å²) in [5.41, 5.74) is 0.927. The molecule has 9 heteroatoms. The molecule has 0 aliphatic carbocycles. The van der Waals surface area contributed by atoms with Crippen LogP contribution in [0.4, 0.5) is 15.0 Å². The van der Waals surface area contributed by atoms with Gasteiger partial charge < -0.3 is 15.3 Å². The molecule has 26 heavy (non-hydrogen) atoms. The number of nitrogens with zero attached hydrogens (tertiary/aromatic N) is 3. The van der Waals surface area contributed by atoms with Crippen molar-refractivity contribution < 1.29 is 19.1 Å². The first-order valence-electron chi connectivity index (χ1n) is 8.01. The minimum atomic E-state index is -1.01. The van der Waals surface area contributed by atoms with Crippen molar-refractivity contribution in [3.63, 3.8) is 0 Å². The molecular formula is C17H16ClFN4O3. The Kier molecular flexibility index (Phi) is 5.32. The predicted molar refractivity (Wildman–Crippen MR) is 94.1 cm³/mol. The molecule has 0 saturated carbocycles. The molecule has 1 aromatic heterocycles. The van der Waals surface area contributed by atoms with E-state index in [2.05, 4.69) is 15.3 Å². The summed E-state index contributed by atoms with van der Waals surface area (Å²) in [6.45, 7) is 0.689. The molecule has 1 saturated heterocycles. The lowest BCUT2D eigenvalue weighted by molar-refractivity contribution is 0.112. The summed E-state index contributed by atoms with van der Waals surface area (Å²) in [6.07, 6.45) is 1.05. The zero-order valence-electron chi connectivity index (χ0n) is 13.7. The third-order valence-electron chi connectivity index (χ3n) is 4.18. The highest BCUT2D eigenvalue weighted by atomic mass is 35.5. The largest absolute Gasteiger partial charge is 0.465 e. The monoisotopic (exact) mass is 378 g/mol. The van der Waals surface area contributed by atoms with E-state index >= 15 is 0 Å². The van der Waals surface area contributed by atoms with E-state index in [0.717, 1.165) is 0 Å². The van der Waals surface area contributed by atoms with Crippen LogP contribution in [-0.2, 0) is 0 Å². The summed E-state index contributed by atoms with van der Waals surface area (Å²) in [6, 6.07) is 5.98. The van der Waals surface area contributed by atoms with Crippen LogP contribution in [0, 0.1) is 5.82 Å². The fourth-order valence-electron chi connectivity index (χ4n) is 2.89. The molecule has 2 heterocycles. The number of piperidine rings is 1. The van der Waals surface area contributed by atoms with Crippen molar-refractivity contribution in [1.29, 1.82) is 0 Å². The Labute approximate surface area is 153 Å². The summed E-state index contributed by atoms with van der Waals surface area (Å²) < 4.78 is 14.9. The van der Waals surface area contributed by atoms with Crippen molar-refractivity contribution in [2.24, 2.45) is 0 Å². The number of carboxylic acid groups (broad SMARTS) is 1. The van der Waals surface area contributed by atoms with Gasteiger partial charge in [-0.25, -0.2) is 14.2 Å². The van der Waals surface area contributed by atoms with Crippen molar-refractivity contribution >= 4 is 29.8 Å². The van der Waals surface area contributed by atoms with E-state index in [-0.39, 0.29) is 29.4 Å². The molecule has 1 unspecified atom stereocenters. The van der Waals surface area contributed by atoms with Crippen LogP contribution in [0.5, 0.6) is 0 Å². The van der Waals surface area contributed by atoms with E-state index in [1.165, 1.54) is 4.90 Å². The molecule has 2 aromatic rings. The Hall–Kier alpha value is -2.74. The molecule has 7 nitrogen and oxygen atoms in total. The Morgan fingerprint density at radius 1 is 1.35 bits per heavy atom. The molecule has 1 aliphatic rings. The fourth-order valence-corrected chi connectivity index (χ4v) is 3.06. The van der Waals surface area contributed by atoms with Gasteiger partial charge in [-0.05, 0) is 24.4 Å². The molecule has 1 atom stereocenters. The number of halogens is 2. The van der Waals surface area contributed by atoms with Gasteiger partial charge in [0.05, 0.1) is 0 Å². The molecule has 0 spiro atoms. The first-order valence-corrected chi connectivity index (χ1v) is 8.39. The summed E-state index contributed by atoms with van der Waals surface area (Å²) in [5, 5.41) is 11.9. The molecular weight excluding hydrogens is 363 g/mol. The topological polar surface area (TPSA) is 95.4 Å². The first kappa shape index (κ1) is 18.1. The Morgan fingerprint density at radius 2 is 2.08 bits per heavy atom. The summed E-state index contributed by atoms with van der Waals surface area (Å²) in [7, 11) is 0. The van der Waals surface area contributed by atoms with Crippen molar-refractivity contribution in [3.05, 3.63) is 40.9 Å². The minimum Gasteiger partial charge on any atom is -0.465 e. The molecule has 1 aliphatic heterocycles. The van der Waals surface area contributed by atoms with Crippen LogP contribution in [-0.4, -0.2) is 51.5 Å². The van der Waals surface area contributed by atoms with Gasteiger partial charge in [-0.2, -0.15) is 4.98 Å². The van der Waals surface area contributed by atoms with E-state index in [1.807, 2.05) is 0 Å². The van der Waals surface area contributed by atoms with Crippen LogP contribution < -0.4 is 5.32 Å². The van der Waals surface area contributed by atoms with E-state index in [1.54, 1.807) is 24.3 Å². The molecule has 0 radical (unpaired) electrons. The molecule has 2 N–H and O–H groups in total. The third-order valence-corrected chi connectivity index (χ3v) is 4.35. The van der Waals surface area contributed by atoms with Gasteiger partial charge in [0.2, 0.25) is 5.28 Å². The highest BCUT2D eigenvalue weighted by molar-refractivity contribution is 6.28. The predicted octanol–water partition coefficient (Wildman–Crippen LogP) is 3.30. The Balaban J connectivity index is 1.87. The number of amides is 1. The minimum absolute atomic E-state index is 0.0100. The van der Waals surface area contributed by atoms with Crippen LogP contribution in [0.25, 0.3) is 11.3 Å². The van der Waals surface area contributed by atoms with Crippen molar-refractivity contribution in [2.75, 3.05) is 18.4 Å². The number of anilines is 1. The van der Waals surface area contributed by atoms with Crippen molar-refractivity contribution in [2.45, 2.75) is 18.9 Å². The second-order valence-electron chi connectivity index (χ2n) is 5.96. The summed E-state index contributed by atoms with van der Waals surface area (Å²) in [5.74, 6) is -0.752. The zero-order chi connectivity index (χ0) is 18.7. The van der Waals surface area contributed by atoms with E-state index < -0.39 is 11.9 Å². The van der Waals surface area contributed by atoms with Gasteiger partial charge in [0.25, 0.3) is 0 Å². The summed E-state index contributed by atoms with van der Waals surface area (Å²) >= 11 is 5.94. The van der Waals surface area contributed by atoms with Crippen molar-refractivity contribution in [3.8, 4) is 11.3 Å². The van der Waals surface area contributed by atoms with Crippen LogP contribution >= 0.6 is 11.6 Å². The molecule has 0 bridgehead atoms. The van der Waals surface area contributed by atoms with Gasteiger partial charge in [-0.1, -0.05) is 24.3 Å². The van der Waals surface area contributed by atoms with Gasteiger partial charge in [-0.3, -0.25) is 4.79 Å². The van der Waals surface area contributed by atoms with Crippen LogP contribution in [0.15, 0.2) is 24.3 Å². The van der Waals surface area contributed by atoms with Crippen molar-refractivity contribution in [1.82, 2.24) is 14.9 Å². The maximum Gasteiger partial charge on any atom is 0.407 e. The standard InChI is InChI=1S/C17H16ClFN4O3/c18-16-21-14(11-5-3-10(9-24)4-6-11)13(19)15(22-16)20-12-2-1-7-23(8-12)17(25)26/h3-6,9,12H,1-2,7-8H2,(H,25,26)(H,20,21,22). The number of hydrogen-bond acceptors (Lipinski definition) is 5. The highest BCUT2D eigenvalue weighted by Crippen LogP contribution is 2.27. The van der Waals surface area contributed by atoms with E-state index in [9.17, 15) is 14.0 Å². The molecule has 1 aromatic carbocycles. The summed E-state index contributed by atoms with van der Waals surface area (Å²) in [4.78, 5) is 31.0. The van der Waals surface area contributed by atoms with Crippen LogP contribution in [0.1, 0.15) is 23.2 Å². The number of carbonyl (C=O) groups is 2. The lowest BCUT2D eigenvalue weighted by atomic mass is 10.1. The fraction of sp³-hybridized carbons (Fsp3) is 0.294. The smallest absolute Gasteiger partial charge is 0.407 e. The number of aromatic nitrogens is 2. The first-order chi connectivity index (χ1) is 12.5. The third kappa shape index (κ3) is 3.91. The number of rotatable bonds is 4. The quantitative estimate of drug-likeness (QED) is 0.626. The number of benzene rings is 1. The van der Waals surface area contributed by atoms with E-state index in [0.29, 0.717) is 36.8 Å². The second kappa shape index (κ2) is 7.65.